The maximum atomic E-state index is 13.2. The molecule has 1 aliphatic heterocycles. The van der Waals surface area contributed by atoms with E-state index in [1.807, 2.05) is 48.5 Å². The molecule has 0 aromatic heterocycles. The number of hydrogen-bond acceptors (Lipinski definition) is 2. The minimum atomic E-state index is -0.0291. The lowest BCUT2D eigenvalue weighted by Gasteiger charge is -2.39. The number of Topliss-reactive ketones (excluding diaryl/α,β-unsaturated/α-hetero) is 1. The number of rotatable bonds is 5. The molecule has 0 radical (unpaired) electrons. The van der Waals surface area contributed by atoms with E-state index in [9.17, 15) is 4.79 Å². The van der Waals surface area contributed by atoms with E-state index in [1.165, 1.54) is 0 Å². The summed E-state index contributed by atoms with van der Waals surface area (Å²) in [6.07, 6.45) is 1.39. The van der Waals surface area contributed by atoms with E-state index in [-0.39, 0.29) is 11.8 Å². The van der Waals surface area contributed by atoms with Crippen molar-refractivity contribution >= 4 is 29.0 Å². The van der Waals surface area contributed by atoms with Crippen molar-refractivity contribution in [1.29, 1.82) is 0 Å². The third kappa shape index (κ3) is 4.49. The topological polar surface area (TPSA) is 20.3 Å². The first-order valence-corrected chi connectivity index (χ1v) is 9.96. The molecule has 2 aromatic rings. The summed E-state index contributed by atoms with van der Waals surface area (Å²) in [6.45, 7) is 5.96. The van der Waals surface area contributed by atoms with Gasteiger partial charge in [-0.25, -0.2) is 0 Å². The molecule has 2 nitrogen and oxygen atoms in total. The van der Waals surface area contributed by atoms with Gasteiger partial charge in [0.05, 0.1) is 0 Å². The van der Waals surface area contributed by atoms with Crippen LogP contribution in [0.25, 0.3) is 0 Å². The molecule has 0 spiro atoms. The molecule has 4 heteroatoms. The van der Waals surface area contributed by atoms with Gasteiger partial charge in [0.1, 0.15) is 5.78 Å². The van der Waals surface area contributed by atoms with Gasteiger partial charge in [-0.3, -0.25) is 9.69 Å². The molecular weight excluding hydrogens is 365 g/mol. The smallest absolute Gasteiger partial charge is 0.142 e. The van der Waals surface area contributed by atoms with Crippen LogP contribution in [-0.4, -0.2) is 29.8 Å². The molecule has 2 atom stereocenters. The fraction of sp³-hybridized carbons (Fsp3) is 0.409. The predicted octanol–water partition coefficient (Wildman–Crippen LogP) is 5.30. The van der Waals surface area contributed by atoms with Crippen LogP contribution in [0.3, 0.4) is 0 Å². The molecule has 1 aliphatic rings. The number of ketones is 1. The van der Waals surface area contributed by atoms with E-state index in [0.29, 0.717) is 24.7 Å². The molecule has 2 aromatic carbocycles. The van der Waals surface area contributed by atoms with E-state index in [1.54, 1.807) is 0 Å². The average molecular weight is 390 g/mol. The quantitative estimate of drug-likeness (QED) is 0.690. The number of benzene rings is 2. The van der Waals surface area contributed by atoms with Gasteiger partial charge in [-0.15, -0.1) is 0 Å². The number of halogens is 2. The molecule has 0 N–H and O–H groups in total. The van der Waals surface area contributed by atoms with Crippen molar-refractivity contribution in [1.82, 2.24) is 4.90 Å². The second-order valence-electron chi connectivity index (χ2n) is 7.43. The number of carbonyl (C=O) groups is 1. The van der Waals surface area contributed by atoms with Crippen LogP contribution in [0.15, 0.2) is 48.5 Å². The van der Waals surface area contributed by atoms with Crippen molar-refractivity contribution in [2.45, 2.75) is 32.7 Å². The first-order chi connectivity index (χ1) is 12.5. The molecule has 3 rings (SSSR count). The molecule has 1 heterocycles. The third-order valence-electron chi connectivity index (χ3n) is 5.29. The largest absolute Gasteiger partial charge is 0.299 e. The Morgan fingerprint density at radius 3 is 1.69 bits per heavy atom. The Balaban J connectivity index is 1.82. The van der Waals surface area contributed by atoms with E-state index in [0.717, 1.165) is 34.3 Å². The number of piperidine rings is 1. The molecule has 2 unspecified atom stereocenters. The van der Waals surface area contributed by atoms with E-state index < -0.39 is 0 Å². The Morgan fingerprint density at radius 1 is 0.885 bits per heavy atom. The number of hydrogen-bond donors (Lipinski definition) is 0. The number of nitrogens with zero attached hydrogens (tertiary/aromatic N) is 1. The molecule has 1 fully saturated rings. The van der Waals surface area contributed by atoms with Gasteiger partial charge in [-0.2, -0.15) is 0 Å². The third-order valence-corrected chi connectivity index (χ3v) is 6.03. The zero-order chi connectivity index (χ0) is 18.7. The maximum Gasteiger partial charge on any atom is 0.142 e. The second kappa shape index (κ2) is 8.56. The van der Waals surface area contributed by atoms with E-state index in [2.05, 4.69) is 18.7 Å². The Bertz CT molecular complexity index is 715. The first-order valence-electron chi connectivity index (χ1n) is 9.20. The summed E-state index contributed by atoms with van der Waals surface area (Å²) in [6, 6.07) is 16.1. The minimum Gasteiger partial charge on any atom is -0.299 e. The fourth-order valence-electron chi connectivity index (χ4n) is 3.76. The van der Waals surface area contributed by atoms with Crippen LogP contribution in [0.2, 0.25) is 10.0 Å². The van der Waals surface area contributed by atoms with Crippen LogP contribution < -0.4 is 0 Å². The van der Waals surface area contributed by atoms with Gasteiger partial charge in [0.15, 0.2) is 0 Å². The molecular formula is C22H25Cl2NO. The predicted molar refractivity (Wildman–Crippen MR) is 109 cm³/mol. The van der Waals surface area contributed by atoms with Gasteiger partial charge in [0.25, 0.3) is 0 Å². The first kappa shape index (κ1) is 19.4. The van der Waals surface area contributed by atoms with E-state index >= 15 is 0 Å². The average Bonchev–Trinajstić information content (AvgIpc) is 2.61. The molecule has 0 bridgehead atoms. The van der Waals surface area contributed by atoms with Crippen molar-refractivity contribution in [3.05, 3.63) is 69.7 Å². The molecule has 26 heavy (non-hydrogen) atoms. The summed E-state index contributed by atoms with van der Waals surface area (Å²) in [5.74, 6) is 0.277. The number of carbonyl (C=O) groups excluding carboxylic acids is 1. The van der Waals surface area contributed by atoms with Crippen molar-refractivity contribution in [3.8, 4) is 0 Å². The Labute approximate surface area is 166 Å². The standard InChI is InChI=1S/C22H25Cl2NO/c1-15(2)25-13-18(11-16-7-3-5-9-20(16)23)22(26)19(14-25)12-17-8-4-6-10-21(17)24/h3-10,15,18-19H,11-14H2,1-2H3. The zero-order valence-electron chi connectivity index (χ0n) is 15.3. The van der Waals surface area contributed by atoms with Gasteiger partial charge in [0.2, 0.25) is 0 Å². The summed E-state index contributed by atoms with van der Waals surface area (Å²) >= 11 is 12.7. The van der Waals surface area contributed by atoms with Crippen LogP contribution in [-0.2, 0) is 17.6 Å². The fourth-order valence-corrected chi connectivity index (χ4v) is 4.19. The zero-order valence-corrected chi connectivity index (χ0v) is 16.8. The lowest BCUT2D eigenvalue weighted by Crippen LogP contribution is -2.50. The second-order valence-corrected chi connectivity index (χ2v) is 8.25. The summed E-state index contributed by atoms with van der Waals surface area (Å²) in [5.41, 5.74) is 2.10. The van der Waals surface area contributed by atoms with Crippen LogP contribution in [0.5, 0.6) is 0 Å². The van der Waals surface area contributed by atoms with Crippen molar-refractivity contribution < 1.29 is 4.79 Å². The van der Waals surface area contributed by atoms with Gasteiger partial charge in [-0.05, 0) is 49.9 Å². The lowest BCUT2D eigenvalue weighted by molar-refractivity contribution is -0.132. The van der Waals surface area contributed by atoms with Crippen LogP contribution in [0.1, 0.15) is 25.0 Å². The minimum absolute atomic E-state index is 0.0291. The molecule has 1 saturated heterocycles. The SMILES string of the molecule is CC(C)N1CC(Cc2ccccc2Cl)C(=O)C(Cc2ccccc2Cl)C1. The van der Waals surface area contributed by atoms with Gasteiger partial charge >= 0.3 is 0 Å². The Hall–Kier alpha value is -1.35. The lowest BCUT2D eigenvalue weighted by atomic mass is 9.80. The Morgan fingerprint density at radius 2 is 1.31 bits per heavy atom. The number of likely N-dealkylation sites (tertiary alicyclic amines) is 1. The summed E-state index contributed by atoms with van der Waals surface area (Å²) in [7, 11) is 0. The van der Waals surface area contributed by atoms with Crippen LogP contribution in [0.4, 0.5) is 0 Å². The highest BCUT2D eigenvalue weighted by atomic mass is 35.5. The highest BCUT2D eigenvalue weighted by molar-refractivity contribution is 6.31. The highest BCUT2D eigenvalue weighted by Gasteiger charge is 2.36. The monoisotopic (exact) mass is 389 g/mol. The summed E-state index contributed by atoms with van der Waals surface area (Å²) in [4.78, 5) is 15.6. The van der Waals surface area contributed by atoms with Crippen molar-refractivity contribution in [3.63, 3.8) is 0 Å². The van der Waals surface area contributed by atoms with Gasteiger partial charge in [-0.1, -0.05) is 59.6 Å². The van der Waals surface area contributed by atoms with Crippen molar-refractivity contribution in [2.75, 3.05) is 13.1 Å². The highest BCUT2D eigenvalue weighted by Crippen LogP contribution is 2.29. The summed E-state index contributed by atoms with van der Waals surface area (Å²) < 4.78 is 0. The normalized spacial score (nSPS) is 21.3. The molecule has 0 amide bonds. The molecule has 138 valence electrons. The van der Waals surface area contributed by atoms with Crippen LogP contribution in [0, 0.1) is 11.8 Å². The van der Waals surface area contributed by atoms with Crippen LogP contribution >= 0.6 is 23.2 Å². The molecule has 0 saturated carbocycles. The van der Waals surface area contributed by atoms with Gasteiger partial charge in [0, 0.05) is 41.0 Å². The Kier molecular flexibility index (Phi) is 6.39. The summed E-state index contributed by atoms with van der Waals surface area (Å²) in [5, 5.41) is 1.48. The van der Waals surface area contributed by atoms with E-state index in [4.69, 9.17) is 23.2 Å². The van der Waals surface area contributed by atoms with Gasteiger partial charge < -0.3 is 0 Å². The van der Waals surface area contributed by atoms with Crippen molar-refractivity contribution in [2.24, 2.45) is 11.8 Å². The molecule has 0 aliphatic carbocycles. The maximum absolute atomic E-state index is 13.2.